The molecule has 0 saturated heterocycles. The van der Waals surface area contributed by atoms with Crippen LogP contribution in [0.2, 0.25) is 0 Å². The number of para-hydroxylation sites is 2. The summed E-state index contributed by atoms with van der Waals surface area (Å²) in [5.74, 6) is 0. The van der Waals surface area contributed by atoms with Gasteiger partial charge in [0.1, 0.15) is 0 Å². The molecule has 0 bridgehead atoms. The molecule has 0 atom stereocenters. The molecule has 0 amide bonds. The van der Waals surface area contributed by atoms with Crippen molar-refractivity contribution in [2.45, 2.75) is 0 Å². The van der Waals surface area contributed by atoms with E-state index < -0.39 is 0 Å². The Bertz CT molecular complexity index is 414. The molecule has 4 heteroatoms. The smallest absolute Gasteiger partial charge is 1.00 e. The molecule has 0 spiro atoms. The third kappa shape index (κ3) is 4.34. The maximum absolute atomic E-state index is 2.21. The fourth-order valence-electron chi connectivity index (χ4n) is 1.53. The fourth-order valence-corrected chi connectivity index (χ4v) is 2.29. The van der Waals surface area contributed by atoms with E-state index in [4.69, 9.17) is 0 Å². The van der Waals surface area contributed by atoms with Gasteiger partial charge in [0.25, 0.3) is 0 Å². The zero-order chi connectivity index (χ0) is 12.1. The Hall–Kier alpha value is -0.450. The summed E-state index contributed by atoms with van der Waals surface area (Å²) in [5.41, 5.74) is 2.36. The number of benzene rings is 2. The van der Waals surface area contributed by atoms with E-state index in [1.54, 1.807) is 12.1 Å². The zero-order valence-electron chi connectivity index (χ0n) is 12.1. The third-order valence-corrected chi connectivity index (χ3v) is 3.14. The van der Waals surface area contributed by atoms with E-state index in [0.29, 0.717) is 0 Å². The Morgan fingerprint density at radius 2 is 1.17 bits per heavy atom. The Morgan fingerprint density at radius 1 is 0.778 bits per heavy atom. The van der Waals surface area contributed by atoms with Crippen LogP contribution in [0.15, 0.2) is 60.7 Å². The summed E-state index contributed by atoms with van der Waals surface area (Å²) in [6.07, 6.45) is 0. The van der Waals surface area contributed by atoms with Gasteiger partial charge in [-0.15, -0.1) is 0 Å². The van der Waals surface area contributed by atoms with E-state index >= 15 is 0 Å². The maximum atomic E-state index is 2.21. The second-order valence-electron chi connectivity index (χ2n) is 3.86. The van der Waals surface area contributed by atoms with Crippen molar-refractivity contribution < 1.29 is 31.0 Å². The molecule has 2 rings (SSSR count). The van der Waals surface area contributed by atoms with E-state index in [0.717, 1.165) is 0 Å². The number of anilines is 2. The van der Waals surface area contributed by atoms with Gasteiger partial charge in [-0.05, 0) is 38.4 Å². The number of hydrogen-bond donors (Lipinski definition) is 0. The van der Waals surface area contributed by atoms with Crippen molar-refractivity contribution in [1.82, 2.24) is 4.31 Å². The minimum absolute atomic E-state index is 0. The van der Waals surface area contributed by atoms with Crippen molar-refractivity contribution in [3.05, 3.63) is 60.7 Å². The van der Waals surface area contributed by atoms with Gasteiger partial charge in [-0.25, -0.2) is 4.31 Å². The molecule has 0 N–H and O–H groups in total. The number of nitrogens with zero attached hydrogens (tertiary/aromatic N) is 2. The van der Waals surface area contributed by atoms with Crippen LogP contribution in [0.25, 0.3) is 0 Å². The van der Waals surface area contributed by atoms with E-state index in [2.05, 4.69) is 57.1 Å². The summed E-state index contributed by atoms with van der Waals surface area (Å²) >= 11 is 1.67. The first-order valence-electron chi connectivity index (χ1n) is 5.53. The van der Waals surface area contributed by atoms with Crippen molar-refractivity contribution in [2.75, 3.05) is 18.4 Å². The Balaban J connectivity index is 0.00000162. The standard InChI is InChI=1S/C14H16N2S.Na.H/c1-15(2)17-16(13-9-5-3-6-10-13)14-11-7-4-8-12-14;;/h3-12H,1-2H3;;/q;+1;-1. The molecule has 2 aromatic carbocycles. The van der Waals surface area contributed by atoms with Crippen molar-refractivity contribution in [2.24, 2.45) is 0 Å². The normalized spacial score (nSPS) is 9.94. The monoisotopic (exact) mass is 268 g/mol. The summed E-state index contributed by atoms with van der Waals surface area (Å²) < 4.78 is 4.29. The van der Waals surface area contributed by atoms with Crippen LogP contribution in [0, 0.1) is 0 Å². The predicted molar refractivity (Wildman–Crippen MR) is 77.4 cm³/mol. The summed E-state index contributed by atoms with van der Waals surface area (Å²) in [5, 5.41) is 0. The average Bonchev–Trinajstić information content (AvgIpc) is 2.38. The summed E-state index contributed by atoms with van der Waals surface area (Å²) in [6.45, 7) is 0. The van der Waals surface area contributed by atoms with E-state index in [-0.39, 0.29) is 31.0 Å². The van der Waals surface area contributed by atoms with Crippen LogP contribution < -0.4 is 33.9 Å². The van der Waals surface area contributed by atoms with Gasteiger partial charge in [0.2, 0.25) is 0 Å². The zero-order valence-corrected chi connectivity index (χ0v) is 13.9. The first kappa shape index (κ1) is 15.6. The van der Waals surface area contributed by atoms with E-state index in [1.807, 2.05) is 26.2 Å². The Kier molecular flexibility index (Phi) is 6.82. The van der Waals surface area contributed by atoms with Crippen molar-refractivity contribution in [3.8, 4) is 0 Å². The molecule has 0 heterocycles. The molecule has 0 aliphatic heterocycles. The molecule has 0 radical (unpaired) electrons. The molecule has 0 aromatic heterocycles. The summed E-state index contributed by atoms with van der Waals surface area (Å²) in [4.78, 5) is 0. The Morgan fingerprint density at radius 3 is 1.50 bits per heavy atom. The van der Waals surface area contributed by atoms with E-state index in [9.17, 15) is 0 Å². The minimum atomic E-state index is 0. The predicted octanol–water partition coefficient (Wildman–Crippen LogP) is 1.07. The molecule has 0 saturated carbocycles. The molecular weight excluding hydrogens is 251 g/mol. The van der Waals surface area contributed by atoms with E-state index in [1.165, 1.54) is 11.4 Å². The minimum Gasteiger partial charge on any atom is -1.00 e. The molecule has 90 valence electrons. The first-order chi connectivity index (χ1) is 8.27. The molecule has 0 aliphatic carbocycles. The van der Waals surface area contributed by atoms with Gasteiger partial charge in [-0.3, -0.25) is 4.31 Å². The largest absolute Gasteiger partial charge is 1.00 e. The summed E-state index contributed by atoms with van der Waals surface area (Å²) in [7, 11) is 4.09. The quantitative estimate of drug-likeness (QED) is 0.605. The van der Waals surface area contributed by atoms with Crippen LogP contribution >= 0.6 is 12.1 Å². The SMILES string of the molecule is CN(C)SN(c1ccccc1)c1ccccc1.[H-].[Na+]. The van der Waals surface area contributed by atoms with Gasteiger partial charge in [-0.1, -0.05) is 36.4 Å². The second-order valence-corrected chi connectivity index (χ2v) is 5.12. The fraction of sp³-hybridized carbons (Fsp3) is 0.143. The van der Waals surface area contributed by atoms with Gasteiger partial charge >= 0.3 is 29.6 Å². The van der Waals surface area contributed by atoms with Crippen LogP contribution in [0.4, 0.5) is 11.4 Å². The van der Waals surface area contributed by atoms with Crippen LogP contribution in [-0.4, -0.2) is 18.4 Å². The molecule has 0 aliphatic rings. The van der Waals surface area contributed by atoms with Gasteiger partial charge in [-0.2, -0.15) is 0 Å². The van der Waals surface area contributed by atoms with Crippen molar-refractivity contribution in [1.29, 1.82) is 0 Å². The molecule has 18 heavy (non-hydrogen) atoms. The second kappa shape index (κ2) is 7.87. The van der Waals surface area contributed by atoms with Gasteiger partial charge in [0, 0.05) is 12.1 Å². The number of rotatable bonds is 4. The molecule has 0 unspecified atom stereocenters. The molecule has 2 aromatic rings. The molecule has 0 fully saturated rings. The van der Waals surface area contributed by atoms with Gasteiger partial charge < -0.3 is 1.43 Å². The first-order valence-corrected chi connectivity index (χ1v) is 6.26. The maximum Gasteiger partial charge on any atom is 1.00 e. The average molecular weight is 268 g/mol. The van der Waals surface area contributed by atoms with Gasteiger partial charge in [0.15, 0.2) is 0 Å². The molecule has 2 nitrogen and oxygen atoms in total. The molecular formula is C14H17N2NaS. The van der Waals surface area contributed by atoms with Crippen LogP contribution in [0.3, 0.4) is 0 Å². The van der Waals surface area contributed by atoms with Crippen molar-refractivity contribution >= 4 is 23.5 Å². The van der Waals surface area contributed by atoms with Gasteiger partial charge in [0.05, 0.1) is 11.4 Å². The third-order valence-electron chi connectivity index (χ3n) is 2.23. The van der Waals surface area contributed by atoms with Crippen LogP contribution in [-0.2, 0) is 0 Å². The summed E-state index contributed by atoms with van der Waals surface area (Å²) in [6, 6.07) is 20.8. The topological polar surface area (TPSA) is 6.48 Å². The van der Waals surface area contributed by atoms with Crippen LogP contribution in [0.1, 0.15) is 1.43 Å². The van der Waals surface area contributed by atoms with Crippen molar-refractivity contribution in [3.63, 3.8) is 0 Å². The Labute approximate surface area is 137 Å². The van der Waals surface area contributed by atoms with Crippen LogP contribution in [0.5, 0.6) is 0 Å². The number of hydrogen-bond acceptors (Lipinski definition) is 3.